The summed E-state index contributed by atoms with van der Waals surface area (Å²) in [5.41, 5.74) is 7.20. The van der Waals surface area contributed by atoms with Gasteiger partial charge in [-0.15, -0.1) is 24.0 Å². The number of guanidine groups is 1. The van der Waals surface area contributed by atoms with Gasteiger partial charge in [-0.05, 0) is 45.0 Å². The first-order valence-electron chi connectivity index (χ1n) is 7.12. The summed E-state index contributed by atoms with van der Waals surface area (Å²) in [5.74, 6) is 0.598. The second-order valence-electron chi connectivity index (χ2n) is 6.04. The van der Waals surface area contributed by atoms with E-state index >= 15 is 0 Å². The first-order valence-corrected chi connectivity index (χ1v) is 7.12. The van der Waals surface area contributed by atoms with Gasteiger partial charge < -0.3 is 15.5 Å². The van der Waals surface area contributed by atoms with E-state index in [1.807, 2.05) is 20.8 Å². The van der Waals surface area contributed by atoms with Crippen LogP contribution in [0.15, 0.2) is 39.9 Å². The zero-order valence-corrected chi connectivity index (χ0v) is 15.8. The molecule has 0 unspecified atom stereocenters. The van der Waals surface area contributed by atoms with Gasteiger partial charge >= 0.3 is 0 Å². The Bertz CT molecular complexity index is 647. The van der Waals surface area contributed by atoms with Gasteiger partial charge in [-0.1, -0.05) is 0 Å². The number of rotatable bonds is 4. The molecule has 0 saturated carbocycles. The van der Waals surface area contributed by atoms with E-state index < -0.39 is 0 Å². The van der Waals surface area contributed by atoms with Crippen molar-refractivity contribution in [2.45, 2.75) is 32.7 Å². The molecular formula is C16H22FIN4O. The van der Waals surface area contributed by atoms with E-state index in [1.165, 1.54) is 12.1 Å². The molecule has 0 atom stereocenters. The quantitative estimate of drug-likeness (QED) is 0.442. The van der Waals surface area contributed by atoms with Gasteiger partial charge in [0.25, 0.3) is 0 Å². The van der Waals surface area contributed by atoms with E-state index in [1.54, 1.807) is 18.4 Å². The minimum atomic E-state index is -0.285. The lowest BCUT2D eigenvalue weighted by molar-refractivity contribution is 0.508. The van der Waals surface area contributed by atoms with Crippen LogP contribution in [0.4, 0.5) is 4.39 Å². The zero-order chi connectivity index (χ0) is 16.2. The molecule has 0 bridgehead atoms. The average molecular weight is 432 g/mol. The van der Waals surface area contributed by atoms with Gasteiger partial charge in [-0.25, -0.2) is 9.37 Å². The number of aromatic nitrogens is 1. The number of benzene rings is 1. The Kier molecular flexibility index (Phi) is 6.99. The molecule has 2 aromatic rings. The van der Waals surface area contributed by atoms with Crippen LogP contribution >= 0.6 is 24.0 Å². The van der Waals surface area contributed by atoms with Crippen LogP contribution in [-0.2, 0) is 6.42 Å². The van der Waals surface area contributed by atoms with Crippen molar-refractivity contribution in [3.63, 3.8) is 0 Å². The summed E-state index contributed by atoms with van der Waals surface area (Å²) >= 11 is 0. The van der Waals surface area contributed by atoms with E-state index in [0.717, 1.165) is 11.3 Å². The number of nitrogens with zero attached hydrogens (tertiary/aromatic N) is 2. The van der Waals surface area contributed by atoms with Crippen LogP contribution in [0.5, 0.6) is 0 Å². The van der Waals surface area contributed by atoms with E-state index in [9.17, 15) is 4.39 Å². The lowest BCUT2D eigenvalue weighted by Crippen LogP contribution is -2.45. The molecular weight excluding hydrogens is 410 g/mol. The van der Waals surface area contributed by atoms with E-state index in [2.05, 4.69) is 15.3 Å². The molecule has 0 fully saturated rings. The molecule has 1 aromatic carbocycles. The first kappa shape index (κ1) is 19.4. The summed E-state index contributed by atoms with van der Waals surface area (Å²) in [7, 11) is 0. The molecule has 0 aliphatic rings. The van der Waals surface area contributed by atoms with E-state index in [0.29, 0.717) is 24.8 Å². The Hall–Kier alpha value is -1.64. The summed E-state index contributed by atoms with van der Waals surface area (Å²) in [4.78, 5) is 8.61. The molecule has 0 aliphatic heterocycles. The van der Waals surface area contributed by atoms with Crippen LogP contribution < -0.4 is 11.1 Å². The van der Waals surface area contributed by atoms with E-state index in [-0.39, 0.29) is 35.3 Å². The Balaban J connectivity index is 0.00000264. The lowest BCUT2D eigenvalue weighted by atomic mass is 10.1. The van der Waals surface area contributed by atoms with Gasteiger partial charge in [-0.3, -0.25) is 4.99 Å². The molecule has 2 rings (SSSR count). The highest BCUT2D eigenvalue weighted by atomic mass is 127. The molecule has 0 saturated heterocycles. The van der Waals surface area contributed by atoms with Crippen LogP contribution in [0, 0.1) is 5.82 Å². The van der Waals surface area contributed by atoms with Crippen molar-refractivity contribution in [2.24, 2.45) is 10.7 Å². The molecule has 0 aliphatic carbocycles. The summed E-state index contributed by atoms with van der Waals surface area (Å²) in [6, 6.07) is 6.02. The standard InChI is InChI=1S/C16H21FN4O.HI/c1-16(2,3)21-15(18)19-9-8-13-10-22-14(20-13)11-4-6-12(17)7-5-11;/h4-7,10H,8-9H2,1-3H3,(H3,18,19,21);1H. The maximum absolute atomic E-state index is 12.9. The highest BCUT2D eigenvalue weighted by Crippen LogP contribution is 2.19. The van der Waals surface area contributed by atoms with Crippen LogP contribution in [0.3, 0.4) is 0 Å². The molecule has 23 heavy (non-hydrogen) atoms. The minimum absolute atomic E-state index is 0. The van der Waals surface area contributed by atoms with Crippen molar-refractivity contribution < 1.29 is 8.81 Å². The van der Waals surface area contributed by atoms with Gasteiger partial charge in [0.1, 0.15) is 12.1 Å². The van der Waals surface area contributed by atoms with Crippen molar-refractivity contribution in [3.8, 4) is 11.5 Å². The molecule has 0 spiro atoms. The zero-order valence-electron chi connectivity index (χ0n) is 13.5. The largest absolute Gasteiger partial charge is 0.444 e. The number of nitrogens with one attached hydrogen (secondary N) is 1. The summed E-state index contributed by atoms with van der Waals surface area (Å²) < 4.78 is 18.3. The van der Waals surface area contributed by atoms with Gasteiger partial charge in [0.05, 0.1) is 5.69 Å². The van der Waals surface area contributed by atoms with Crippen LogP contribution in [-0.4, -0.2) is 23.0 Å². The monoisotopic (exact) mass is 432 g/mol. The molecule has 7 heteroatoms. The Morgan fingerprint density at radius 3 is 2.57 bits per heavy atom. The number of hydrogen-bond donors (Lipinski definition) is 2. The molecule has 0 amide bonds. The lowest BCUT2D eigenvalue weighted by Gasteiger charge is -2.20. The summed E-state index contributed by atoms with van der Waals surface area (Å²) in [5, 5.41) is 3.09. The van der Waals surface area contributed by atoms with Crippen LogP contribution in [0.2, 0.25) is 0 Å². The number of halogens is 2. The van der Waals surface area contributed by atoms with Crippen molar-refractivity contribution >= 4 is 29.9 Å². The fourth-order valence-electron chi connectivity index (χ4n) is 1.86. The Morgan fingerprint density at radius 2 is 1.96 bits per heavy atom. The van der Waals surface area contributed by atoms with Gasteiger partial charge in [0.15, 0.2) is 5.96 Å². The second kappa shape index (κ2) is 8.28. The Labute approximate surface area is 152 Å². The molecule has 1 aromatic heterocycles. The normalized spacial score (nSPS) is 11.9. The SMILES string of the molecule is CC(C)(C)NC(N)=NCCc1coc(-c2ccc(F)cc2)n1.I. The highest BCUT2D eigenvalue weighted by Gasteiger charge is 2.10. The minimum Gasteiger partial charge on any atom is -0.444 e. The summed E-state index contributed by atoms with van der Waals surface area (Å²) in [6.07, 6.45) is 2.21. The van der Waals surface area contributed by atoms with Crippen molar-refractivity contribution in [2.75, 3.05) is 6.54 Å². The smallest absolute Gasteiger partial charge is 0.226 e. The Morgan fingerprint density at radius 1 is 1.30 bits per heavy atom. The van der Waals surface area contributed by atoms with Crippen LogP contribution in [0.25, 0.3) is 11.5 Å². The predicted octanol–water partition coefficient (Wildman–Crippen LogP) is 3.34. The first-order chi connectivity index (χ1) is 10.3. The van der Waals surface area contributed by atoms with Crippen molar-refractivity contribution in [1.29, 1.82) is 0 Å². The molecule has 126 valence electrons. The van der Waals surface area contributed by atoms with Gasteiger partial charge in [-0.2, -0.15) is 0 Å². The third-order valence-corrected chi connectivity index (χ3v) is 2.80. The van der Waals surface area contributed by atoms with Gasteiger partial charge in [0.2, 0.25) is 5.89 Å². The van der Waals surface area contributed by atoms with Crippen molar-refractivity contribution in [3.05, 3.63) is 42.0 Å². The molecule has 3 N–H and O–H groups in total. The summed E-state index contributed by atoms with van der Waals surface area (Å²) in [6.45, 7) is 6.57. The number of hydrogen-bond acceptors (Lipinski definition) is 3. The van der Waals surface area contributed by atoms with Crippen LogP contribution in [0.1, 0.15) is 26.5 Å². The molecule has 1 heterocycles. The fraction of sp³-hybridized carbons (Fsp3) is 0.375. The van der Waals surface area contributed by atoms with Gasteiger partial charge in [0, 0.05) is 24.1 Å². The number of nitrogens with two attached hydrogens (primary N) is 1. The third-order valence-electron chi connectivity index (χ3n) is 2.80. The fourth-order valence-corrected chi connectivity index (χ4v) is 1.86. The average Bonchev–Trinajstić information content (AvgIpc) is 2.86. The number of aliphatic imine (C=N–C) groups is 1. The topological polar surface area (TPSA) is 76.4 Å². The van der Waals surface area contributed by atoms with Crippen molar-refractivity contribution in [1.82, 2.24) is 10.3 Å². The van der Waals surface area contributed by atoms with E-state index in [4.69, 9.17) is 10.2 Å². The molecule has 5 nitrogen and oxygen atoms in total. The maximum Gasteiger partial charge on any atom is 0.226 e. The highest BCUT2D eigenvalue weighted by molar-refractivity contribution is 14.0. The number of oxazole rings is 1. The third kappa shape index (κ3) is 6.55. The predicted molar refractivity (Wildman–Crippen MR) is 100 cm³/mol. The second-order valence-corrected chi connectivity index (χ2v) is 6.04. The maximum atomic E-state index is 12.9. The molecule has 0 radical (unpaired) electrons.